The van der Waals surface area contributed by atoms with E-state index in [4.69, 9.17) is 0 Å². The summed E-state index contributed by atoms with van der Waals surface area (Å²) in [5.74, 6) is 0.892. The quantitative estimate of drug-likeness (QED) is 0.721. The standard InChI is InChI=1S/C15H19N5S2/c1-19(2)6-7-20-5-3-14(18-20)16-9-13-11-22-15(17-13)12-4-8-21-10-12/h3-5,8,10-11H,6-7,9H2,1-2H3,(H,16,18). The molecule has 7 heteroatoms. The van der Waals surface area contributed by atoms with Crippen LogP contribution >= 0.6 is 22.7 Å². The second kappa shape index (κ2) is 7.04. The third-order valence-corrected chi connectivity index (χ3v) is 4.81. The summed E-state index contributed by atoms with van der Waals surface area (Å²) in [6, 6.07) is 4.11. The molecule has 0 saturated carbocycles. The average molecular weight is 333 g/mol. The number of hydrogen-bond acceptors (Lipinski definition) is 6. The van der Waals surface area contributed by atoms with Crippen molar-refractivity contribution in [1.29, 1.82) is 0 Å². The fourth-order valence-electron chi connectivity index (χ4n) is 1.97. The highest BCUT2D eigenvalue weighted by molar-refractivity contribution is 7.14. The molecule has 0 saturated heterocycles. The van der Waals surface area contributed by atoms with Gasteiger partial charge in [0, 0.05) is 35.1 Å². The van der Waals surface area contributed by atoms with E-state index in [1.807, 2.05) is 16.9 Å². The Balaban J connectivity index is 1.54. The lowest BCUT2D eigenvalue weighted by Crippen LogP contribution is -2.18. The van der Waals surface area contributed by atoms with Gasteiger partial charge in [-0.2, -0.15) is 16.4 Å². The number of hydrogen-bond donors (Lipinski definition) is 1. The van der Waals surface area contributed by atoms with Gasteiger partial charge in [-0.05, 0) is 25.5 Å². The van der Waals surface area contributed by atoms with Crippen molar-refractivity contribution in [3.8, 4) is 10.6 Å². The Morgan fingerprint density at radius 2 is 2.18 bits per heavy atom. The van der Waals surface area contributed by atoms with Gasteiger partial charge in [0.15, 0.2) is 0 Å². The Labute approximate surface area is 138 Å². The SMILES string of the molecule is CN(C)CCn1ccc(NCc2csc(-c3ccsc3)n2)n1. The van der Waals surface area contributed by atoms with Crippen LogP contribution in [0, 0.1) is 0 Å². The molecule has 0 atom stereocenters. The molecule has 0 aromatic carbocycles. The number of nitrogens with one attached hydrogen (secondary N) is 1. The molecule has 0 radical (unpaired) electrons. The lowest BCUT2D eigenvalue weighted by molar-refractivity contribution is 0.373. The first-order valence-electron chi connectivity index (χ1n) is 7.10. The summed E-state index contributed by atoms with van der Waals surface area (Å²) in [5.41, 5.74) is 2.25. The summed E-state index contributed by atoms with van der Waals surface area (Å²) in [7, 11) is 4.13. The minimum atomic E-state index is 0.700. The summed E-state index contributed by atoms with van der Waals surface area (Å²) < 4.78 is 1.96. The van der Waals surface area contributed by atoms with Crippen LogP contribution in [0.15, 0.2) is 34.5 Å². The normalized spacial score (nSPS) is 11.2. The predicted octanol–water partition coefficient (Wildman–Crippen LogP) is 3.24. The minimum Gasteiger partial charge on any atom is -0.363 e. The third-order valence-electron chi connectivity index (χ3n) is 3.19. The molecule has 0 aliphatic heterocycles. The van der Waals surface area contributed by atoms with E-state index in [0.717, 1.165) is 29.6 Å². The van der Waals surface area contributed by atoms with Gasteiger partial charge < -0.3 is 10.2 Å². The molecule has 22 heavy (non-hydrogen) atoms. The first kappa shape index (κ1) is 15.2. The van der Waals surface area contributed by atoms with E-state index in [1.165, 1.54) is 5.56 Å². The van der Waals surface area contributed by atoms with E-state index in [1.54, 1.807) is 22.7 Å². The van der Waals surface area contributed by atoms with Crippen molar-refractivity contribution < 1.29 is 0 Å². The Morgan fingerprint density at radius 1 is 1.27 bits per heavy atom. The molecule has 0 spiro atoms. The second-order valence-electron chi connectivity index (χ2n) is 5.28. The summed E-state index contributed by atoms with van der Waals surface area (Å²) in [4.78, 5) is 6.80. The van der Waals surface area contributed by atoms with Crippen molar-refractivity contribution in [2.75, 3.05) is 26.0 Å². The van der Waals surface area contributed by atoms with Crippen LogP contribution in [0.3, 0.4) is 0 Å². The zero-order valence-corrected chi connectivity index (χ0v) is 14.3. The second-order valence-corrected chi connectivity index (χ2v) is 6.92. The predicted molar refractivity (Wildman–Crippen MR) is 93.5 cm³/mol. The van der Waals surface area contributed by atoms with E-state index >= 15 is 0 Å². The van der Waals surface area contributed by atoms with Gasteiger partial charge in [0.1, 0.15) is 10.8 Å². The van der Waals surface area contributed by atoms with Crippen molar-refractivity contribution in [2.45, 2.75) is 13.1 Å². The number of nitrogens with zero attached hydrogens (tertiary/aromatic N) is 4. The van der Waals surface area contributed by atoms with Gasteiger partial charge in [0.05, 0.1) is 18.8 Å². The molecule has 0 bridgehead atoms. The first-order valence-corrected chi connectivity index (χ1v) is 8.92. The Bertz CT molecular complexity index is 699. The zero-order valence-electron chi connectivity index (χ0n) is 12.7. The molecule has 0 amide bonds. The van der Waals surface area contributed by atoms with Gasteiger partial charge in [0.25, 0.3) is 0 Å². The van der Waals surface area contributed by atoms with Gasteiger partial charge >= 0.3 is 0 Å². The highest BCUT2D eigenvalue weighted by atomic mass is 32.1. The summed E-state index contributed by atoms with van der Waals surface area (Å²) in [5, 5.41) is 15.2. The largest absolute Gasteiger partial charge is 0.363 e. The molecule has 116 valence electrons. The van der Waals surface area contributed by atoms with Crippen molar-refractivity contribution in [2.24, 2.45) is 0 Å². The Hall–Kier alpha value is -1.70. The van der Waals surface area contributed by atoms with Crippen LogP contribution in [0.1, 0.15) is 5.69 Å². The summed E-state index contributed by atoms with van der Waals surface area (Å²) in [6.45, 7) is 2.58. The van der Waals surface area contributed by atoms with Crippen LogP contribution in [0.4, 0.5) is 5.82 Å². The molecule has 0 aliphatic rings. The maximum Gasteiger partial charge on any atom is 0.148 e. The molecule has 0 aliphatic carbocycles. The number of anilines is 1. The van der Waals surface area contributed by atoms with Gasteiger partial charge in [-0.3, -0.25) is 4.68 Å². The van der Waals surface area contributed by atoms with Crippen LogP contribution in [-0.2, 0) is 13.1 Å². The van der Waals surface area contributed by atoms with Crippen LogP contribution in [0.25, 0.3) is 10.6 Å². The first-order chi connectivity index (χ1) is 10.7. The van der Waals surface area contributed by atoms with Crippen LogP contribution in [0.5, 0.6) is 0 Å². The van der Waals surface area contributed by atoms with E-state index in [2.05, 4.69) is 56.6 Å². The Morgan fingerprint density at radius 3 is 2.95 bits per heavy atom. The van der Waals surface area contributed by atoms with Crippen molar-refractivity contribution in [1.82, 2.24) is 19.7 Å². The Kier molecular flexibility index (Phi) is 4.87. The average Bonchev–Trinajstić information content (AvgIpc) is 3.23. The van der Waals surface area contributed by atoms with Gasteiger partial charge in [-0.15, -0.1) is 11.3 Å². The van der Waals surface area contributed by atoms with Crippen molar-refractivity contribution in [3.05, 3.63) is 40.2 Å². The van der Waals surface area contributed by atoms with Crippen molar-refractivity contribution >= 4 is 28.5 Å². The van der Waals surface area contributed by atoms with Gasteiger partial charge in [-0.1, -0.05) is 0 Å². The molecule has 3 aromatic heterocycles. The monoisotopic (exact) mass is 333 g/mol. The minimum absolute atomic E-state index is 0.700. The topological polar surface area (TPSA) is 46.0 Å². The van der Waals surface area contributed by atoms with E-state index < -0.39 is 0 Å². The smallest absolute Gasteiger partial charge is 0.148 e. The lowest BCUT2D eigenvalue weighted by atomic mass is 10.3. The van der Waals surface area contributed by atoms with E-state index in [0.29, 0.717) is 6.54 Å². The fraction of sp³-hybridized carbons (Fsp3) is 0.333. The van der Waals surface area contributed by atoms with E-state index in [-0.39, 0.29) is 0 Å². The van der Waals surface area contributed by atoms with Crippen LogP contribution in [0.2, 0.25) is 0 Å². The van der Waals surface area contributed by atoms with Crippen LogP contribution in [-0.4, -0.2) is 40.3 Å². The summed E-state index contributed by atoms with van der Waals surface area (Å²) >= 11 is 3.38. The number of rotatable bonds is 7. The molecule has 3 rings (SSSR count). The summed E-state index contributed by atoms with van der Waals surface area (Å²) in [6.07, 6.45) is 2.00. The number of thiazole rings is 1. The number of thiophene rings is 1. The molecular formula is C15H19N5S2. The maximum absolute atomic E-state index is 4.66. The highest BCUT2D eigenvalue weighted by Gasteiger charge is 2.06. The molecule has 3 aromatic rings. The molecule has 1 N–H and O–H groups in total. The van der Waals surface area contributed by atoms with E-state index in [9.17, 15) is 0 Å². The third kappa shape index (κ3) is 3.94. The molecule has 0 unspecified atom stereocenters. The molecule has 3 heterocycles. The fourth-order valence-corrected chi connectivity index (χ4v) is 3.50. The number of aromatic nitrogens is 3. The molecular weight excluding hydrogens is 314 g/mol. The molecule has 0 fully saturated rings. The van der Waals surface area contributed by atoms with Gasteiger partial charge in [-0.25, -0.2) is 4.98 Å². The van der Waals surface area contributed by atoms with Crippen molar-refractivity contribution in [3.63, 3.8) is 0 Å². The van der Waals surface area contributed by atoms with Crippen LogP contribution < -0.4 is 5.32 Å². The molecule has 5 nitrogen and oxygen atoms in total. The zero-order chi connectivity index (χ0) is 15.4. The number of likely N-dealkylation sites (N-methyl/N-ethyl adjacent to an activating group) is 1. The highest BCUT2D eigenvalue weighted by Crippen LogP contribution is 2.25. The lowest BCUT2D eigenvalue weighted by Gasteiger charge is -2.08. The van der Waals surface area contributed by atoms with Gasteiger partial charge in [0.2, 0.25) is 0 Å². The maximum atomic E-state index is 4.66.